The second kappa shape index (κ2) is 9.31. The van der Waals surface area contributed by atoms with Crippen LogP contribution in [0.25, 0.3) is 0 Å². The van der Waals surface area contributed by atoms with Gasteiger partial charge in [-0.3, -0.25) is 9.88 Å². The summed E-state index contributed by atoms with van der Waals surface area (Å²) in [6.07, 6.45) is 8.41. The molecule has 3 heterocycles. The van der Waals surface area contributed by atoms with E-state index in [-0.39, 0.29) is 6.23 Å². The maximum absolute atomic E-state index is 6.45. The van der Waals surface area contributed by atoms with Crippen LogP contribution in [-0.2, 0) is 11.3 Å². The number of hydrogen-bond acceptors (Lipinski definition) is 5. The van der Waals surface area contributed by atoms with Crippen molar-refractivity contribution in [1.82, 2.24) is 14.9 Å². The number of nitrogens with zero attached hydrogens (tertiary/aromatic N) is 3. The summed E-state index contributed by atoms with van der Waals surface area (Å²) in [6, 6.07) is 5.92. The van der Waals surface area contributed by atoms with E-state index in [0.717, 1.165) is 49.5 Å². The Bertz CT molecular complexity index is 707. The predicted octanol–water partition coefficient (Wildman–Crippen LogP) is 4.92. The molecule has 6 heteroatoms. The lowest BCUT2D eigenvalue weighted by Crippen LogP contribution is -2.42. The van der Waals surface area contributed by atoms with Crippen LogP contribution >= 0.6 is 11.6 Å². The van der Waals surface area contributed by atoms with E-state index in [1.807, 2.05) is 31.3 Å². The number of pyridine rings is 2. The Balaban J connectivity index is 1.65. The van der Waals surface area contributed by atoms with Gasteiger partial charge in [0.05, 0.1) is 16.9 Å². The zero-order chi connectivity index (χ0) is 18.4. The molecule has 0 aliphatic carbocycles. The van der Waals surface area contributed by atoms with Crippen molar-refractivity contribution >= 4 is 23.1 Å². The molecule has 1 aliphatic rings. The first-order valence-corrected chi connectivity index (χ1v) is 9.73. The lowest BCUT2D eigenvalue weighted by molar-refractivity contribution is -0.104. The molecule has 1 unspecified atom stereocenters. The SMILES string of the molecule is CCCCC1OCCCN1Cc1cnc(Nc2ccc(C)nc2)c(Cl)c1. The Morgan fingerprint density at radius 3 is 2.92 bits per heavy atom. The lowest BCUT2D eigenvalue weighted by Gasteiger charge is -2.35. The molecule has 1 saturated heterocycles. The molecule has 1 atom stereocenters. The molecule has 0 saturated carbocycles. The topological polar surface area (TPSA) is 50.3 Å². The second-order valence-corrected chi connectivity index (χ2v) is 7.19. The normalized spacial score (nSPS) is 18.0. The number of aromatic nitrogens is 2. The van der Waals surface area contributed by atoms with E-state index in [4.69, 9.17) is 16.3 Å². The van der Waals surface area contributed by atoms with Crippen molar-refractivity contribution < 1.29 is 4.74 Å². The van der Waals surface area contributed by atoms with Crippen LogP contribution in [0.4, 0.5) is 11.5 Å². The van der Waals surface area contributed by atoms with Crippen LogP contribution in [-0.4, -0.2) is 34.2 Å². The molecule has 1 fully saturated rings. The van der Waals surface area contributed by atoms with Gasteiger partial charge in [-0.15, -0.1) is 0 Å². The van der Waals surface area contributed by atoms with E-state index >= 15 is 0 Å². The first-order chi connectivity index (χ1) is 12.7. The molecule has 5 nitrogen and oxygen atoms in total. The fourth-order valence-electron chi connectivity index (χ4n) is 3.13. The van der Waals surface area contributed by atoms with Crippen molar-refractivity contribution in [2.75, 3.05) is 18.5 Å². The molecular formula is C20H27ClN4O. The van der Waals surface area contributed by atoms with E-state index in [2.05, 4.69) is 27.1 Å². The Labute approximate surface area is 160 Å². The van der Waals surface area contributed by atoms with Crippen molar-refractivity contribution in [3.05, 3.63) is 46.9 Å². The number of ether oxygens (including phenoxy) is 1. The van der Waals surface area contributed by atoms with E-state index < -0.39 is 0 Å². The van der Waals surface area contributed by atoms with E-state index in [9.17, 15) is 0 Å². The third kappa shape index (κ3) is 5.16. The number of nitrogens with one attached hydrogen (secondary N) is 1. The monoisotopic (exact) mass is 374 g/mol. The minimum Gasteiger partial charge on any atom is -0.363 e. The lowest BCUT2D eigenvalue weighted by atomic mass is 10.1. The molecule has 2 aromatic heterocycles. The maximum atomic E-state index is 6.45. The van der Waals surface area contributed by atoms with Crippen LogP contribution in [0.1, 0.15) is 43.9 Å². The van der Waals surface area contributed by atoms with Crippen LogP contribution < -0.4 is 5.32 Å². The zero-order valence-corrected chi connectivity index (χ0v) is 16.3. The van der Waals surface area contributed by atoms with Crippen molar-refractivity contribution in [3.8, 4) is 0 Å². The molecule has 1 aliphatic heterocycles. The van der Waals surface area contributed by atoms with Gasteiger partial charge in [-0.25, -0.2) is 4.98 Å². The maximum Gasteiger partial charge on any atom is 0.149 e. The molecule has 0 amide bonds. The summed E-state index contributed by atoms with van der Waals surface area (Å²) in [4.78, 5) is 11.2. The molecule has 0 radical (unpaired) electrons. The van der Waals surface area contributed by atoms with Crippen molar-refractivity contribution in [3.63, 3.8) is 0 Å². The molecule has 2 aromatic rings. The Hall–Kier alpha value is -1.69. The summed E-state index contributed by atoms with van der Waals surface area (Å²) in [5.74, 6) is 0.651. The Kier molecular flexibility index (Phi) is 6.83. The van der Waals surface area contributed by atoms with Gasteiger partial charge in [0, 0.05) is 31.6 Å². The number of rotatable bonds is 7. The first-order valence-electron chi connectivity index (χ1n) is 9.35. The minimum atomic E-state index is 0.207. The summed E-state index contributed by atoms with van der Waals surface area (Å²) < 4.78 is 5.96. The van der Waals surface area contributed by atoms with Gasteiger partial charge >= 0.3 is 0 Å². The van der Waals surface area contributed by atoms with Gasteiger partial charge in [0.15, 0.2) is 0 Å². The highest BCUT2D eigenvalue weighted by Gasteiger charge is 2.22. The van der Waals surface area contributed by atoms with Gasteiger partial charge in [-0.05, 0) is 49.9 Å². The molecule has 1 N–H and O–H groups in total. The Morgan fingerprint density at radius 1 is 1.31 bits per heavy atom. The van der Waals surface area contributed by atoms with Crippen molar-refractivity contribution in [2.24, 2.45) is 0 Å². The van der Waals surface area contributed by atoms with Crippen LogP contribution in [0.2, 0.25) is 5.02 Å². The molecule has 0 aromatic carbocycles. The summed E-state index contributed by atoms with van der Waals surface area (Å²) in [7, 11) is 0. The van der Waals surface area contributed by atoms with Crippen LogP contribution in [0.15, 0.2) is 30.6 Å². The fourth-order valence-corrected chi connectivity index (χ4v) is 3.37. The number of anilines is 2. The smallest absolute Gasteiger partial charge is 0.149 e. The largest absolute Gasteiger partial charge is 0.363 e. The average molecular weight is 375 g/mol. The van der Waals surface area contributed by atoms with E-state index in [1.54, 1.807) is 6.20 Å². The molecule has 0 bridgehead atoms. The first kappa shape index (κ1) is 19.1. The molecule has 26 heavy (non-hydrogen) atoms. The molecule has 3 rings (SSSR count). The van der Waals surface area contributed by atoms with Crippen molar-refractivity contribution in [1.29, 1.82) is 0 Å². The van der Waals surface area contributed by atoms with Gasteiger partial charge < -0.3 is 10.1 Å². The highest BCUT2D eigenvalue weighted by Crippen LogP contribution is 2.25. The van der Waals surface area contributed by atoms with E-state index in [1.165, 1.54) is 12.8 Å². The second-order valence-electron chi connectivity index (χ2n) is 6.78. The summed E-state index contributed by atoms with van der Waals surface area (Å²) in [6.45, 7) is 6.90. The van der Waals surface area contributed by atoms with E-state index in [0.29, 0.717) is 10.8 Å². The van der Waals surface area contributed by atoms with Gasteiger partial charge in [-0.2, -0.15) is 0 Å². The Morgan fingerprint density at radius 2 is 2.19 bits per heavy atom. The van der Waals surface area contributed by atoms with Gasteiger partial charge in [0.25, 0.3) is 0 Å². The molecule has 140 valence electrons. The fraction of sp³-hybridized carbons (Fsp3) is 0.500. The van der Waals surface area contributed by atoms with Gasteiger partial charge in [0.2, 0.25) is 0 Å². The molecular weight excluding hydrogens is 348 g/mol. The summed E-state index contributed by atoms with van der Waals surface area (Å²) in [5.41, 5.74) is 2.96. The minimum absolute atomic E-state index is 0.207. The number of unbranched alkanes of at least 4 members (excludes halogenated alkanes) is 1. The van der Waals surface area contributed by atoms with Gasteiger partial charge in [0.1, 0.15) is 12.0 Å². The number of hydrogen-bond donors (Lipinski definition) is 1. The zero-order valence-electron chi connectivity index (χ0n) is 15.5. The standard InChI is InChI=1S/C20H27ClN4O/c1-3-4-6-19-25(9-5-10-26-19)14-16-11-18(21)20(23-12-16)24-17-8-7-15(2)22-13-17/h7-8,11-13,19H,3-6,9-10,14H2,1-2H3,(H,23,24). The number of aryl methyl sites for hydroxylation is 1. The quantitative estimate of drug-likeness (QED) is 0.745. The predicted molar refractivity (Wildman–Crippen MR) is 106 cm³/mol. The highest BCUT2D eigenvalue weighted by molar-refractivity contribution is 6.33. The van der Waals surface area contributed by atoms with Crippen LogP contribution in [0.5, 0.6) is 0 Å². The third-order valence-electron chi connectivity index (χ3n) is 4.57. The third-order valence-corrected chi connectivity index (χ3v) is 4.86. The van der Waals surface area contributed by atoms with Crippen LogP contribution in [0, 0.1) is 6.92 Å². The summed E-state index contributed by atoms with van der Waals surface area (Å²) in [5, 5.41) is 3.84. The summed E-state index contributed by atoms with van der Waals surface area (Å²) >= 11 is 6.45. The highest BCUT2D eigenvalue weighted by atomic mass is 35.5. The van der Waals surface area contributed by atoms with Crippen molar-refractivity contribution in [2.45, 2.75) is 52.3 Å². The number of halogens is 1. The van der Waals surface area contributed by atoms with Crippen LogP contribution in [0.3, 0.4) is 0 Å². The average Bonchev–Trinajstić information content (AvgIpc) is 2.65. The molecule has 0 spiro atoms. The van der Waals surface area contributed by atoms with Gasteiger partial charge in [-0.1, -0.05) is 24.9 Å².